The molecule has 3 heterocycles. The molecule has 3 atom stereocenters. The van der Waals surface area contributed by atoms with Crippen molar-refractivity contribution in [1.82, 2.24) is 25.1 Å². The van der Waals surface area contributed by atoms with Crippen molar-refractivity contribution in [2.75, 3.05) is 42.3 Å². The zero-order valence-electron chi connectivity index (χ0n) is 18.7. The van der Waals surface area contributed by atoms with Crippen molar-refractivity contribution < 1.29 is 9.26 Å². The van der Waals surface area contributed by atoms with E-state index in [4.69, 9.17) is 15.0 Å². The summed E-state index contributed by atoms with van der Waals surface area (Å²) in [5.74, 6) is 3.11. The minimum Gasteiger partial charge on any atom is -0.378 e. The highest BCUT2D eigenvalue weighted by atomic mass is 16.5. The van der Waals surface area contributed by atoms with Crippen molar-refractivity contribution >= 4 is 23.6 Å². The third kappa shape index (κ3) is 3.99. The van der Waals surface area contributed by atoms with Crippen LogP contribution in [0.3, 0.4) is 0 Å². The molecule has 0 amide bonds. The molecule has 10 heteroatoms. The lowest BCUT2D eigenvalue weighted by atomic mass is 10.2. The van der Waals surface area contributed by atoms with Gasteiger partial charge < -0.3 is 24.8 Å². The molecule has 3 fully saturated rings. The second kappa shape index (κ2) is 8.26. The van der Waals surface area contributed by atoms with Crippen LogP contribution >= 0.6 is 0 Å². The van der Waals surface area contributed by atoms with Crippen molar-refractivity contribution in [2.24, 2.45) is 17.8 Å². The highest BCUT2D eigenvalue weighted by molar-refractivity contribution is 5.59. The zero-order valence-corrected chi connectivity index (χ0v) is 18.7. The largest absolute Gasteiger partial charge is 0.378 e. The van der Waals surface area contributed by atoms with Gasteiger partial charge in [0.05, 0.1) is 12.7 Å². The van der Waals surface area contributed by atoms with Gasteiger partial charge >= 0.3 is 6.01 Å². The summed E-state index contributed by atoms with van der Waals surface area (Å²) in [6, 6.07) is 10.3. The Hall–Kier alpha value is -3.27. The van der Waals surface area contributed by atoms with Crippen LogP contribution < -0.4 is 15.5 Å². The summed E-state index contributed by atoms with van der Waals surface area (Å²) in [6.07, 6.45) is 5.56. The van der Waals surface area contributed by atoms with Crippen LogP contribution in [0, 0.1) is 17.8 Å². The van der Waals surface area contributed by atoms with Crippen molar-refractivity contribution in [3.05, 3.63) is 30.3 Å². The first kappa shape index (κ1) is 20.3. The molecule has 0 spiro atoms. The minimum atomic E-state index is 0.108. The number of hydrogen-bond acceptors (Lipinski definition) is 10. The fraction of sp³-hybridized carbons (Fsp3) is 0.522. The number of piperidine rings is 1. The molecule has 0 bridgehead atoms. The third-order valence-corrected chi connectivity index (χ3v) is 7.17. The van der Waals surface area contributed by atoms with E-state index in [0.717, 1.165) is 25.4 Å². The summed E-state index contributed by atoms with van der Waals surface area (Å²) in [5, 5.41) is 4.11. The lowest BCUT2D eigenvalue weighted by Gasteiger charge is -2.18. The molecule has 1 saturated heterocycles. The van der Waals surface area contributed by atoms with Crippen LogP contribution in [0.5, 0.6) is 0 Å². The van der Waals surface area contributed by atoms with Gasteiger partial charge in [-0.25, -0.2) is 0 Å². The van der Waals surface area contributed by atoms with Crippen LogP contribution in [0.1, 0.15) is 25.7 Å². The minimum absolute atomic E-state index is 0.108. The van der Waals surface area contributed by atoms with Crippen LogP contribution in [0.15, 0.2) is 34.9 Å². The second-order valence-electron chi connectivity index (χ2n) is 9.25. The number of fused-ring (bicyclic) bond motifs is 1. The van der Waals surface area contributed by atoms with E-state index in [1.807, 2.05) is 42.3 Å². The molecule has 2 N–H and O–H groups in total. The Morgan fingerprint density at radius 2 is 1.79 bits per heavy atom. The first-order valence-corrected chi connectivity index (χ1v) is 11.7. The Bertz CT molecular complexity index is 1100. The van der Waals surface area contributed by atoms with Crippen LogP contribution in [-0.2, 0) is 4.74 Å². The van der Waals surface area contributed by atoms with E-state index in [-0.39, 0.29) is 5.95 Å². The Kier molecular flexibility index (Phi) is 5.09. The molecule has 33 heavy (non-hydrogen) atoms. The maximum atomic E-state index is 6.13. The van der Waals surface area contributed by atoms with Gasteiger partial charge in [-0.05, 0) is 42.7 Å². The number of aromatic nitrogens is 5. The number of anilines is 4. The summed E-state index contributed by atoms with van der Waals surface area (Å²) in [7, 11) is 1.87. The van der Waals surface area contributed by atoms with Gasteiger partial charge in [0.2, 0.25) is 23.5 Å². The van der Waals surface area contributed by atoms with Crippen LogP contribution in [0.2, 0.25) is 0 Å². The van der Waals surface area contributed by atoms with Crippen molar-refractivity contribution in [3.63, 3.8) is 0 Å². The predicted molar refractivity (Wildman–Crippen MR) is 123 cm³/mol. The topological polar surface area (TPSA) is 119 Å². The maximum absolute atomic E-state index is 6.13. The van der Waals surface area contributed by atoms with Gasteiger partial charge in [-0.2, -0.15) is 19.9 Å². The summed E-state index contributed by atoms with van der Waals surface area (Å²) in [4.78, 5) is 21.6. The van der Waals surface area contributed by atoms with Crippen molar-refractivity contribution in [2.45, 2.75) is 31.8 Å². The van der Waals surface area contributed by atoms with E-state index >= 15 is 0 Å². The smallest absolute Gasteiger partial charge is 0.324 e. The van der Waals surface area contributed by atoms with Gasteiger partial charge in [0, 0.05) is 25.8 Å². The number of rotatable bonds is 7. The SMILES string of the molecule is CN(c1ccccc1)c1nc(N)nc(-c2noc(N3C[C@@H]4[C@@H](COC5CCCC5)[C@@H]4C3)n2)n1. The average Bonchev–Trinajstić information content (AvgIpc) is 3.38. The lowest BCUT2D eigenvalue weighted by Crippen LogP contribution is -2.25. The molecular weight excluding hydrogens is 420 g/mol. The Balaban J connectivity index is 1.11. The molecule has 0 unspecified atom stereocenters. The number of nitrogens with two attached hydrogens (primary N) is 1. The van der Waals surface area contributed by atoms with Crippen molar-refractivity contribution in [3.8, 4) is 11.6 Å². The predicted octanol–water partition coefficient (Wildman–Crippen LogP) is 2.91. The van der Waals surface area contributed by atoms with E-state index in [0.29, 0.717) is 47.5 Å². The van der Waals surface area contributed by atoms with Gasteiger partial charge in [-0.1, -0.05) is 36.2 Å². The highest BCUT2D eigenvalue weighted by Gasteiger charge is 2.56. The van der Waals surface area contributed by atoms with E-state index in [9.17, 15) is 0 Å². The molecule has 3 aromatic rings. The van der Waals surface area contributed by atoms with Crippen LogP contribution in [-0.4, -0.2) is 57.9 Å². The molecule has 1 aliphatic heterocycles. The van der Waals surface area contributed by atoms with Crippen LogP contribution in [0.25, 0.3) is 11.6 Å². The Morgan fingerprint density at radius 1 is 1.03 bits per heavy atom. The maximum Gasteiger partial charge on any atom is 0.324 e. The highest BCUT2D eigenvalue weighted by Crippen LogP contribution is 2.52. The van der Waals surface area contributed by atoms with Crippen molar-refractivity contribution in [1.29, 1.82) is 0 Å². The lowest BCUT2D eigenvalue weighted by molar-refractivity contribution is 0.0461. The van der Waals surface area contributed by atoms with E-state index in [2.05, 4.69) is 30.0 Å². The molecule has 0 radical (unpaired) electrons. The molecular formula is C23H28N8O2. The Labute approximate surface area is 192 Å². The fourth-order valence-electron chi connectivity index (χ4n) is 5.19. The van der Waals surface area contributed by atoms with Gasteiger partial charge in [0.25, 0.3) is 0 Å². The average molecular weight is 449 g/mol. The number of nitrogen functional groups attached to an aromatic ring is 1. The standard InChI is InChI=1S/C23H28N8O2/c1-30(14-7-3-2-4-8-14)22-26-19(25-21(24)28-22)20-27-23(33-29-20)31-11-16-17(12-31)18(16)13-32-15-9-5-6-10-15/h2-4,7-8,15-18H,5-6,9-13H2,1H3,(H2,24,25,26,28)/t16-,17+,18+. The Morgan fingerprint density at radius 3 is 2.55 bits per heavy atom. The quantitative estimate of drug-likeness (QED) is 0.578. The first-order valence-electron chi connectivity index (χ1n) is 11.7. The van der Waals surface area contributed by atoms with E-state index in [1.165, 1.54) is 25.7 Å². The molecule has 3 aliphatic rings. The summed E-state index contributed by atoms with van der Waals surface area (Å²) in [5.41, 5.74) is 6.89. The van der Waals surface area contributed by atoms with Gasteiger partial charge in [0.1, 0.15) is 0 Å². The zero-order chi connectivity index (χ0) is 22.4. The molecule has 10 nitrogen and oxygen atoms in total. The molecule has 2 aromatic heterocycles. The third-order valence-electron chi connectivity index (χ3n) is 7.17. The molecule has 2 aliphatic carbocycles. The normalized spacial score (nSPS) is 24.3. The summed E-state index contributed by atoms with van der Waals surface area (Å²) < 4.78 is 11.7. The number of nitrogens with zero attached hydrogens (tertiary/aromatic N) is 7. The number of benzene rings is 1. The van der Waals surface area contributed by atoms with E-state index in [1.54, 1.807) is 0 Å². The first-order chi connectivity index (χ1) is 16.2. The number of ether oxygens (including phenoxy) is 1. The fourth-order valence-corrected chi connectivity index (χ4v) is 5.19. The number of hydrogen-bond donors (Lipinski definition) is 1. The summed E-state index contributed by atoms with van der Waals surface area (Å²) in [6.45, 7) is 2.74. The van der Waals surface area contributed by atoms with Crippen LogP contribution in [0.4, 0.5) is 23.6 Å². The van der Waals surface area contributed by atoms with Gasteiger partial charge in [0.15, 0.2) is 0 Å². The summed E-state index contributed by atoms with van der Waals surface area (Å²) >= 11 is 0. The molecule has 2 saturated carbocycles. The second-order valence-corrected chi connectivity index (χ2v) is 9.25. The molecule has 1 aromatic carbocycles. The molecule has 172 valence electrons. The van der Waals surface area contributed by atoms with E-state index < -0.39 is 0 Å². The number of para-hydroxylation sites is 1. The van der Waals surface area contributed by atoms with Gasteiger partial charge in [-0.15, -0.1) is 0 Å². The molecule has 6 rings (SSSR count). The monoisotopic (exact) mass is 448 g/mol. The van der Waals surface area contributed by atoms with Gasteiger partial charge in [-0.3, -0.25) is 0 Å².